The molecule has 0 bridgehead atoms. The SMILES string of the molecule is O=S1(=O)c2ccccc2-c2cccc(-c3ccc(-n4c5ccccc5c5cc(-c6ccc(-c7nc(-c8ccccc8)nc(-c8ccccc8)n7)cc6)ccc54)cc3)c21. The number of benzene rings is 8. The lowest BCUT2D eigenvalue weighted by Crippen LogP contribution is -2.00. The van der Waals surface area contributed by atoms with Crippen molar-refractivity contribution in [2.24, 2.45) is 0 Å². The van der Waals surface area contributed by atoms with Gasteiger partial charge in [0.2, 0.25) is 9.84 Å². The smallest absolute Gasteiger partial charge is 0.208 e. The van der Waals surface area contributed by atoms with Gasteiger partial charge in [-0.1, -0.05) is 158 Å². The van der Waals surface area contributed by atoms with Gasteiger partial charge in [0.25, 0.3) is 0 Å². The van der Waals surface area contributed by atoms with Crippen molar-refractivity contribution in [2.75, 3.05) is 0 Å². The normalized spacial score (nSPS) is 12.8. The maximum Gasteiger partial charge on any atom is 0.208 e. The first kappa shape index (κ1) is 33.8. The molecule has 7 heteroatoms. The molecule has 8 aromatic carbocycles. The zero-order chi connectivity index (χ0) is 38.8. The first-order chi connectivity index (χ1) is 28.5. The summed E-state index contributed by atoms with van der Waals surface area (Å²) in [7, 11) is -3.64. The minimum absolute atomic E-state index is 0.368. The van der Waals surface area contributed by atoms with Crippen molar-refractivity contribution >= 4 is 31.6 Å². The summed E-state index contributed by atoms with van der Waals surface area (Å²) in [6.45, 7) is 0. The van der Waals surface area contributed by atoms with E-state index in [0.717, 1.165) is 72.0 Å². The molecule has 0 amide bonds. The Kier molecular flexibility index (Phi) is 7.77. The fourth-order valence-corrected chi connectivity index (χ4v) is 10.2. The van der Waals surface area contributed by atoms with E-state index in [0.29, 0.717) is 32.8 Å². The van der Waals surface area contributed by atoms with Gasteiger partial charge >= 0.3 is 0 Å². The quantitative estimate of drug-likeness (QED) is 0.168. The fraction of sp³-hybridized carbons (Fsp3) is 0. The highest BCUT2D eigenvalue weighted by Gasteiger charge is 2.35. The van der Waals surface area contributed by atoms with Gasteiger partial charge in [-0.2, -0.15) is 0 Å². The molecule has 1 aliphatic heterocycles. The van der Waals surface area contributed by atoms with Crippen LogP contribution in [-0.2, 0) is 9.84 Å². The molecule has 0 atom stereocenters. The van der Waals surface area contributed by atoms with Gasteiger partial charge in [-0.25, -0.2) is 23.4 Å². The van der Waals surface area contributed by atoms with Gasteiger partial charge in [-0.15, -0.1) is 0 Å². The molecule has 0 unspecified atom stereocenters. The molecular weight excluding hydrogens is 733 g/mol. The first-order valence-corrected chi connectivity index (χ1v) is 20.6. The van der Waals surface area contributed by atoms with Crippen LogP contribution in [0.1, 0.15) is 0 Å². The summed E-state index contributed by atoms with van der Waals surface area (Å²) in [5, 5.41) is 2.29. The number of para-hydroxylation sites is 1. The molecule has 0 spiro atoms. The van der Waals surface area contributed by atoms with Gasteiger partial charge in [0.15, 0.2) is 17.5 Å². The van der Waals surface area contributed by atoms with Gasteiger partial charge in [0, 0.05) is 49.8 Å². The van der Waals surface area contributed by atoms with Crippen molar-refractivity contribution in [2.45, 2.75) is 9.79 Å². The second kappa shape index (κ2) is 13.3. The Morgan fingerprint density at radius 1 is 0.362 bits per heavy atom. The molecule has 2 aromatic heterocycles. The highest BCUT2D eigenvalue weighted by Crippen LogP contribution is 2.47. The van der Waals surface area contributed by atoms with Crippen molar-refractivity contribution < 1.29 is 8.42 Å². The number of fused-ring (bicyclic) bond motifs is 6. The molecular formula is C51H32N4O2S. The van der Waals surface area contributed by atoms with Crippen LogP contribution in [-0.4, -0.2) is 27.9 Å². The van der Waals surface area contributed by atoms with E-state index in [9.17, 15) is 8.42 Å². The van der Waals surface area contributed by atoms with Crippen molar-refractivity contribution in [3.63, 3.8) is 0 Å². The Morgan fingerprint density at radius 2 is 0.862 bits per heavy atom. The lowest BCUT2D eigenvalue weighted by atomic mass is 9.99. The van der Waals surface area contributed by atoms with Crippen LogP contribution in [0.3, 0.4) is 0 Å². The van der Waals surface area contributed by atoms with Crippen molar-refractivity contribution in [1.29, 1.82) is 0 Å². The summed E-state index contributed by atoms with van der Waals surface area (Å²) in [6.07, 6.45) is 0. The van der Waals surface area contributed by atoms with E-state index in [1.54, 1.807) is 12.1 Å². The van der Waals surface area contributed by atoms with Crippen LogP contribution in [0.2, 0.25) is 0 Å². The maximum absolute atomic E-state index is 13.7. The van der Waals surface area contributed by atoms with Crippen LogP contribution >= 0.6 is 0 Å². The molecule has 1 aliphatic rings. The number of hydrogen-bond acceptors (Lipinski definition) is 5. The molecule has 10 aromatic rings. The average molecular weight is 765 g/mol. The molecule has 0 aliphatic carbocycles. The van der Waals surface area contributed by atoms with E-state index < -0.39 is 9.84 Å². The Hall–Kier alpha value is -7.48. The molecule has 0 saturated heterocycles. The third-order valence-corrected chi connectivity index (χ3v) is 12.9. The highest BCUT2D eigenvalue weighted by atomic mass is 32.2. The summed E-state index contributed by atoms with van der Waals surface area (Å²) in [5.41, 5.74) is 11.2. The van der Waals surface area contributed by atoms with Crippen LogP contribution in [0, 0.1) is 0 Å². The second-order valence-corrected chi connectivity index (χ2v) is 16.3. The largest absolute Gasteiger partial charge is 0.309 e. The Morgan fingerprint density at radius 3 is 1.55 bits per heavy atom. The summed E-state index contributed by atoms with van der Waals surface area (Å²) < 4.78 is 29.8. The van der Waals surface area contributed by atoms with Crippen LogP contribution in [0.15, 0.2) is 204 Å². The highest BCUT2D eigenvalue weighted by molar-refractivity contribution is 7.92. The summed E-state index contributed by atoms with van der Waals surface area (Å²) in [6, 6.07) is 64.7. The van der Waals surface area contributed by atoms with Crippen LogP contribution in [0.4, 0.5) is 0 Å². The monoisotopic (exact) mass is 764 g/mol. The minimum atomic E-state index is -3.64. The molecule has 0 fully saturated rings. The standard InChI is InChI=1S/C51H32N4O2S/c56-58(57)47-21-10-8-17-42(47)43-19-11-18-40(48(43)58)34-26-29-39(30-27-34)55-45-20-9-7-16-41(45)44-32-38(28-31-46(44)55)33-22-24-37(25-23-33)51-53-49(35-12-3-1-4-13-35)52-50(54-51)36-14-5-2-6-15-36/h1-32H. The number of sulfone groups is 1. The zero-order valence-corrected chi connectivity index (χ0v) is 31.8. The molecule has 0 radical (unpaired) electrons. The Bertz CT molecular complexity index is 3270. The van der Waals surface area contributed by atoms with Crippen LogP contribution in [0.25, 0.3) is 95.0 Å². The summed E-state index contributed by atoms with van der Waals surface area (Å²) in [4.78, 5) is 15.4. The van der Waals surface area contributed by atoms with Crippen LogP contribution in [0.5, 0.6) is 0 Å². The van der Waals surface area contributed by atoms with Gasteiger partial charge in [0.1, 0.15) is 0 Å². The summed E-state index contributed by atoms with van der Waals surface area (Å²) >= 11 is 0. The zero-order valence-electron chi connectivity index (χ0n) is 31.0. The van der Waals surface area contributed by atoms with E-state index in [4.69, 9.17) is 15.0 Å². The van der Waals surface area contributed by atoms with E-state index in [1.165, 1.54) is 0 Å². The van der Waals surface area contributed by atoms with E-state index in [2.05, 4.69) is 83.4 Å². The van der Waals surface area contributed by atoms with Crippen molar-refractivity contribution in [1.82, 2.24) is 19.5 Å². The second-order valence-electron chi connectivity index (χ2n) is 14.4. The molecule has 58 heavy (non-hydrogen) atoms. The first-order valence-electron chi connectivity index (χ1n) is 19.1. The minimum Gasteiger partial charge on any atom is -0.309 e. The molecule has 11 rings (SSSR count). The van der Waals surface area contributed by atoms with E-state index in [-0.39, 0.29) is 0 Å². The fourth-order valence-electron chi connectivity index (χ4n) is 8.27. The molecule has 6 nitrogen and oxygen atoms in total. The van der Waals surface area contributed by atoms with Gasteiger partial charge in [0.05, 0.1) is 20.8 Å². The van der Waals surface area contributed by atoms with Crippen molar-refractivity contribution in [3.05, 3.63) is 194 Å². The maximum atomic E-state index is 13.7. The topological polar surface area (TPSA) is 77.7 Å². The Labute approximate surface area is 335 Å². The number of aromatic nitrogens is 4. The van der Waals surface area contributed by atoms with Crippen molar-refractivity contribution in [3.8, 4) is 73.2 Å². The van der Waals surface area contributed by atoms with Gasteiger partial charge in [-0.05, 0) is 53.1 Å². The third kappa shape index (κ3) is 5.47. The molecule has 0 N–H and O–H groups in total. The lowest BCUT2D eigenvalue weighted by molar-refractivity contribution is 0.599. The molecule has 274 valence electrons. The third-order valence-electron chi connectivity index (χ3n) is 11.0. The number of rotatable bonds is 6. The van der Waals surface area contributed by atoms with Crippen LogP contribution < -0.4 is 0 Å². The van der Waals surface area contributed by atoms with E-state index in [1.807, 2.05) is 103 Å². The molecule has 3 heterocycles. The van der Waals surface area contributed by atoms with E-state index >= 15 is 0 Å². The number of hydrogen-bond donors (Lipinski definition) is 0. The molecule has 0 saturated carbocycles. The van der Waals surface area contributed by atoms with Gasteiger partial charge in [-0.3, -0.25) is 0 Å². The number of nitrogens with zero attached hydrogens (tertiary/aromatic N) is 4. The Balaban J connectivity index is 0.953. The summed E-state index contributed by atoms with van der Waals surface area (Å²) in [5.74, 6) is 1.88. The predicted octanol–water partition coefficient (Wildman–Crippen LogP) is 12.1. The average Bonchev–Trinajstić information content (AvgIpc) is 3.75. The lowest BCUT2D eigenvalue weighted by Gasteiger charge is -2.12. The van der Waals surface area contributed by atoms with Gasteiger partial charge < -0.3 is 4.57 Å². The predicted molar refractivity (Wildman–Crippen MR) is 232 cm³/mol.